The van der Waals surface area contributed by atoms with Gasteiger partial charge in [0.15, 0.2) is 5.82 Å². The number of carbonyl (C=O) groups excluding carboxylic acids is 1. The molecule has 0 aliphatic rings. The zero-order chi connectivity index (χ0) is 18.2. The van der Waals surface area contributed by atoms with Crippen LogP contribution in [0.25, 0.3) is 0 Å². The van der Waals surface area contributed by atoms with Crippen LogP contribution in [0.5, 0.6) is 5.75 Å². The minimum Gasteiger partial charge on any atom is -0.486 e. The predicted molar refractivity (Wildman–Crippen MR) is 100 cm³/mol. The van der Waals surface area contributed by atoms with Crippen LogP contribution in [0.15, 0.2) is 23.4 Å². The van der Waals surface area contributed by atoms with E-state index in [1.807, 2.05) is 26.0 Å². The Labute approximate surface area is 157 Å². The van der Waals surface area contributed by atoms with E-state index in [2.05, 4.69) is 27.4 Å². The summed E-state index contributed by atoms with van der Waals surface area (Å²) in [5.41, 5.74) is 0.955. The van der Waals surface area contributed by atoms with Gasteiger partial charge in [-0.3, -0.25) is 9.89 Å². The molecule has 1 amide bonds. The molecule has 1 atom stereocenters. The van der Waals surface area contributed by atoms with Crippen LogP contribution < -0.4 is 10.1 Å². The smallest absolute Gasteiger partial charge is 0.230 e. The van der Waals surface area contributed by atoms with Gasteiger partial charge in [0.05, 0.1) is 5.75 Å². The highest BCUT2D eigenvalue weighted by Crippen LogP contribution is 2.21. The fourth-order valence-electron chi connectivity index (χ4n) is 2.22. The molecule has 0 saturated heterocycles. The van der Waals surface area contributed by atoms with E-state index in [-0.39, 0.29) is 18.6 Å². The molecular weight excluding hydrogens is 360 g/mol. The number of carbonyl (C=O) groups is 1. The van der Waals surface area contributed by atoms with Crippen LogP contribution in [0.4, 0.5) is 0 Å². The maximum absolute atomic E-state index is 11.8. The molecule has 8 heteroatoms. The van der Waals surface area contributed by atoms with Crippen molar-refractivity contribution in [2.45, 2.75) is 51.4 Å². The van der Waals surface area contributed by atoms with Gasteiger partial charge in [0.2, 0.25) is 11.1 Å². The van der Waals surface area contributed by atoms with Gasteiger partial charge in [-0.1, -0.05) is 36.7 Å². The molecule has 1 aromatic heterocycles. The second kappa shape index (κ2) is 9.68. The van der Waals surface area contributed by atoms with Gasteiger partial charge < -0.3 is 10.1 Å². The number of benzene rings is 1. The molecule has 2 N–H and O–H groups in total. The summed E-state index contributed by atoms with van der Waals surface area (Å²) in [4.78, 5) is 16.2. The standard InChI is InChI=1S/C17H23ClN4O2S/c1-4-5-12(3)19-16(23)10-25-17-20-15(21-22-17)9-24-13-6-7-14(18)11(2)8-13/h6-8,12H,4-5,9-10H2,1-3H3,(H,19,23)(H,20,21,22)/t12-/m0/s1. The van der Waals surface area contributed by atoms with Gasteiger partial charge >= 0.3 is 0 Å². The summed E-state index contributed by atoms with van der Waals surface area (Å²) in [6.45, 7) is 6.30. The van der Waals surface area contributed by atoms with Crippen molar-refractivity contribution < 1.29 is 9.53 Å². The molecule has 1 aromatic carbocycles. The molecule has 0 spiro atoms. The van der Waals surface area contributed by atoms with Crippen molar-refractivity contribution in [3.05, 3.63) is 34.6 Å². The number of nitrogens with one attached hydrogen (secondary N) is 2. The number of aromatic nitrogens is 3. The number of H-pyrrole nitrogens is 1. The third-order valence-electron chi connectivity index (χ3n) is 3.48. The maximum Gasteiger partial charge on any atom is 0.230 e. The van der Waals surface area contributed by atoms with Gasteiger partial charge in [-0.15, -0.1) is 5.10 Å². The van der Waals surface area contributed by atoms with Crippen molar-refractivity contribution >= 4 is 29.3 Å². The fourth-order valence-corrected chi connectivity index (χ4v) is 2.96. The molecule has 1 heterocycles. The SMILES string of the molecule is CCC[C@H](C)NC(=O)CSc1n[nH]c(COc2ccc(Cl)c(C)c2)n1. The highest BCUT2D eigenvalue weighted by atomic mass is 35.5. The summed E-state index contributed by atoms with van der Waals surface area (Å²) in [6.07, 6.45) is 2.02. The number of halogens is 1. The number of ether oxygens (including phenoxy) is 1. The average Bonchev–Trinajstić information content (AvgIpc) is 3.02. The highest BCUT2D eigenvalue weighted by molar-refractivity contribution is 7.99. The molecular formula is C17H23ClN4O2S. The van der Waals surface area contributed by atoms with Gasteiger partial charge in [0.25, 0.3) is 0 Å². The van der Waals surface area contributed by atoms with Gasteiger partial charge in [-0.2, -0.15) is 0 Å². The Morgan fingerprint density at radius 3 is 3.00 bits per heavy atom. The van der Waals surface area contributed by atoms with Gasteiger partial charge in [0.1, 0.15) is 12.4 Å². The number of amides is 1. The van der Waals surface area contributed by atoms with E-state index in [0.29, 0.717) is 21.8 Å². The Bertz CT molecular complexity index is 708. The van der Waals surface area contributed by atoms with Crippen LogP contribution >= 0.6 is 23.4 Å². The van der Waals surface area contributed by atoms with Crippen LogP contribution in [0.1, 0.15) is 38.1 Å². The monoisotopic (exact) mass is 382 g/mol. The molecule has 2 rings (SSSR count). The van der Waals surface area contributed by atoms with Crippen molar-refractivity contribution in [2.75, 3.05) is 5.75 Å². The van der Waals surface area contributed by atoms with Gasteiger partial charge in [0, 0.05) is 11.1 Å². The molecule has 0 saturated carbocycles. The third kappa shape index (κ3) is 6.59. The Morgan fingerprint density at radius 2 is 2.28 bits per heavy atom. The van der Waals surface area contributed by atoms with Gasteiger partial charge in [-0.05, 0) is 44.0 Å². The van der Waals surface area contributed by atoms with Crippen LogP contribution in [-0.2, 0) is 11.4 Å². The van der Waals surface area contributed by atoms with Crippen molar-refractivity contribution in [1.82, 2.24) is 20.5 Å². The molecule has 0 aliphatic carbocycles. The number of nitrogens with zero attached hydrogens (tertiary/aromatic N) is 2. The summed E-state index contributed by atoms with van der Waals surface area (Å²) in [5, 5.41) is 11.1. The van der Waals surface area contributed by atoms with E-state index < -0.39 is 0 Å². The van der Waals surface area contributed by atoms with Crippen LogP contribution in [-0.4, -0.2) is 32.9 Å². The topological polar surface area (TPSA) is 79.9 Å². The zero-order valence-corrected chi connectivity index (χ0v) is 16.2. The molecule has 0 fully saturated rings. The first kappa shape index (κ1) is 19.6. The van der Waals surface area contributed by atoms with E-state index in [9.17, 15) is 4.79 Å². The lowest BCUT2D eigenvalue weighted by Crippen LogP contribution is -2.33. The first-order valence-corrected chi connectivity index (χ1v) is 9.56. The first-order valence-electron chi connectivity index (χ1n) is 8.20. The Hall–Kier alpha value is -1.73. The van der Waals surface area contributed by atoms with E-state index in [4.69, 9.17) is 16.3 Å². The minimum absolute atomic E-state index is 0.00908. The summed E-state index contributed by atoms with van der Waals surface area (Å²) < 4.78 is 5.67. The van der Waals surface area contributed by atoms with Crippen molar-refractivity contribution in [3.8, 4) is 5.75 Å². The number of hydrogen-bond donors (Lipinski definition) is 2. The lowest BCUT2D eigenvalue weighted by Gasteiger charge is -2.11. The molecule has 0 radical (unpaired) electrons. The number of aryl methyl sites for hydroxylation is 1. The van der Waals surface area contributed by atoms with Crippen molar-refractivity contribution in [1.29, 1.82) is 0 Å². The predicted octanol–water partition coefficient (Wildman–Crippen LogP) is 3.74. The largest absolute Gasteiger partial charge is 0.486 e. The highest BCUT2D eigenvalue weighted by Gasteiger charge is 2.10. The van der Waals surface area contributed by atoms with Gasteiger partial charge in [-0.25, -0.2) is 4.98 Å². The van der Waals surface area contributed by atoms with Crippen LogP contribution in [0, 0.1) is 6.92 Å². The van der Waals surface area contributed by atoms with E-state index in [1.54, 1.807) is 6.07 Å². The van der Waals surface area contributed by atoms with Crippen molar-refractivity contribution in [2.24, 2.45) is 0 Å². The van der Waals surface area contributed by atoms with E-state index in [0.717, 1.165) is 24.2 Å². The molecule has 2 aromatic rings. The Morgan fingerprint density at radius 1 is 1.48 bits per heavy atom. The normalized spacial score (nSPS) is 12.0. The summed E-state index contributed by atoms with van der Waals surface area (Å²) in [5.74, 6) is 1.61. The first-order chi connectivity index (χ1) is 12.0. The molecule has 0 aliphatic heterocycles. The molecule has 0 unspecified atom stereocenters. The fraction of sp³-hybridized carbons (Fsp3) is 0.471. The second-order valence-electron chi connectivity index (χ2n) is 5.81. The minimum atomic E-state index is -0.00908. The number of thioether (sulfide) groups is 1. The number of aromatic amines is 1. The summed E-state index contributed by atoms with van der Waals surface area (Å²) >= 11 is 7.29. The summed E-state index contributed by atoms with van der Waals surface area (Å²) in [7, 11) is 0. The van der Waals surface area contributed by atoms with E-state index >= 15 is 0 Å². The number of rotatable bonds is 9. The zero-order valence-electron chi connectivity index (χ0n) is 14.6. The molecule has 0 bridgehead atoms. The number of hydrogen-bond acceptors (Lipinski definition) is 5. The average molecular weight is 383 g/mol. The molecule has 136 valence electrons. The molecule has 25 heavy (non-hydrogen) atoms. The third-order valence-corrected chi connectivity index (χ3v) is 4.75. The second-order valence-corrected chi connectivity index (χ2v) is 7.16. The van der Waals surface area contributed by atoms with Crippen molar-refractivity contribution in [3.63, 3.8) is 0 Å². The van der Waals surface area contributed by atoms with Crippen LogP contribution in [0.2, 0.25) is 5.02 Å². The van der Waals surface area contributed by atoms with Crippen LogP contribution in [0.3, 0.4) is 0 Å². The van der Waals surface area contributed by atoms with E-state index in [1.165, 1.54) is 11.8 Å². The lowest BCUT2D eigenvalue weighted by molar-refractivity contribution is -0.119. The Kier molecular flexibility index (Phi) is 7.58. The lowest BCUT2D eigenvalue weighted by atomic mass is 10.2. The maximum atomic E-state index is 11.8. The molecule has 6 nitrogen and oxygen atoms in total. The summed E-state index contributed by atoms with van der Waals surface area (Å²) in [6, 6.07) is 5.67. The quantitative estimate of drug-likeness (QED) is 0.646. The Balaban J connectivity index is 1.77.